The Morgan fingerprint density at radius 3 is 2.91 bits per heavy atom. The van der Waals surface area contributed by atoms with E-state index in [0.29, 0.717) is 19.4 Å². The summed E-state index contributed by atoms with van der Waals surface area (Å²) in [5, 5.41) is 10.7. The van der Waals surface area contributed by atoms with Crippen LogP contribution in [-0.2, 0) is 4.79 Å². The van der Waals surface area contributed by atoms with E-state index in [2.05, 4.69) is 5.32 Å². The lowest BCUT2D eigenvalue weighted by Crippen LogP contribution is -2.40. The van der Waals surface area contributed by atoms with Crippen molar-refractivity contribution < 1.29 is 4.79 Å². The van der Waals surface area contributed by atoms with E-state index in [1.165, 1.54) is 0 Å². The zero-order chi connectivity index (χ0) is 8.69. The van der Waals surface area contributed by atoms with Gasteiger partial charge in [-0.05, 0) is 6.42 Å². The van der Waals surface area contributed by atoms with Gasteiger partial charge in [0.2, 0.25) is 5.91 Å². The Labute approximate surface area is 66.4 Å². The van der Waals surface area contributed by atoms with Crippen molar-refractivity contribution in [2.45, 2.75) is 25.8 Å². The molecule has 11 heavy (non-hydrogen) atoms. The average molecular weight is 155 g/mol. The number of hydrogen-bond acceptors (Lipinski definition) is 3. The normalized spacial score (nSPS) is 11.7. The number of amides is 1. The van der Waals surface area contributed by atoms with Gasteiger partial charge in [-0.3, -0.25) is 4.79 Å². The molecule has 0 unspecified atom stereocenters. The van der Waals surface area contributed by atoms with Gasteiger partial charge >= 0.3 is 0 Å². The highest BCUT2D eigenvalue weighted by Gasteiger charge is 2.08. The number of carbonyl (C=O) groups is 1. The first-order valence-corrected chi connectivity index (χ1v) is 3.62. The fourth-order valence-corrected chi connectivity index (χ4v) is 0.558. The van der Waals surface area contributed by atoms with Gasteiger partial charge in [-0.15, -0.1) is 0 Å². The number of carbonyl (C=O) groups excluding carboxylic acids is 1. The number of rotatable bonds is 4. The molecular weight excluding hydrogens is 142 g/mol. The lowest BCUT2D eigenvalue weighted by atomic mass is 10.2. The number of nitrogens with one attached hydrogen (secondary N) is 1. The number of nitrogens with two attached hydrogens (primary N) is 1. The Morgan fingerprint density at radius 2 is 2.45 bits per heavy atom. The third-order valence-corrected chi connectivity index (χ3v) is 1.31. The summed E-state index contributed by atoms with van der Waals surface area (Å²) >= 11 is 0. The molecule has 0 aliphatic heterocycles. The second-order valence-electron chi connectivity index (χ2n) is 2.21. The number of nitriles is 1. The molecule has 0 heterocycles. The van der Waals surface area contributed by atoms with Crippen LogP contribution in [0.1, 0.15) is 19.8 Å². The molecule has 62 valence electrons. The van der Waals surface area contributed by atoms with Gasteiger partial charge in [0.1, 0.15) is 0 Å². The molecule has 0 aromatic rings. The van der Waals surface area contributed by atoms with Gasteiger partial charge in [-0.1, -0.05) is 6.92 Å². The molecule has 4 nitrogen and oxygen atoms in total. The highest BCUT2D eigenvalue weighted by atomic mass is 16.2. The molecule has 0 aromatic carbocycles. The molecule has 0 fully saturated rings. The second-order valence-corrected chi connectivity index (χ2v) is 2.21. The Hall–Kier alpha value is -1.08. The minimum atomic E-state index is -0.436. The van der Waals surface area contributed by atoms with Gasteiger partial charge in [0.05, 0.1) is 18.5 Å². The SMILES string of the molecule is CC[C@@H](N)C(=O)NCCC#N. The second kappa shape index (κ2) is 5.69. The maximum absolute atomic E-state index is 10.9. The zero-order valence-electron chi connectivity index (χ0n) is 6.63. The first-order valence-electron chi connectivity index (χ1n) is 3.62. The van der Waals surface area contributed by atoms with Gasteiger partial charge < -0.3 is 11.1 Å². The van der Waals surface area contributed by atoms with Crippen LogP contribution in [0, 0.1) is 11.3 Å². The lowest BCUT2D eigenvalue weighted by Gasteiger charge is -2.07. The maximum Gasteiger partial charge on any atom is 0.236 e. The largest absolute Gasteiger partial charge is 0.354 e. The van der Waals surface area contributed by atoms with Crippen molar-refractivity contribution in [2.75, 3.05) is 6.54 Å². The molecule has 0 saturated heterocycles. The molecule has 0 spiro atoms. The van der Waals surface area contributed by atoms with Crippen LogP contribution >= 0.6 is 0 Å². The van der Waals surface area contributed by atoms with Gasteiger partial charge in [-0.2, -0.15) is 5.26 Å². The fourth-order valence-electron chi connectivity index (χ4n) is 0.558. The minimum absolute atomic E-state index is 0.178. The number of nitrogens with zero attached hydrogens (tertiary/aromatic N) is 1. The van der Waals surface area contributed by atoms with Crippen molar-refractivity contribution in [2.24, 2.45) is 5.73 Å². The minimum Gasteiger partial charge on any atom is -0.354 e. The molecule has 0 bridgehead atoms. The van der Waals surface area contributed by atoms with E-state index in [4.69, 9.17) is 11.0 Å². The molecular formula is C7H13N3O. The lowest BCUT2D eigenvalue weighted by molar-refractivity contribution is -0.122. The first-order chi connectivity index (χ1) is 5.22. The van der Waals surface area contributed by atoms with Gasteiger partial charge in [0.25, 0.3) is 0 Å². The van der Waals surface area contributed by atoms with Crippen molar-refractivity contribution in [3.8, 4) is 6.07 Å². The van der Waals surface area contributed by atoms with E-state index in [9.17, 15) is 4.79 Å². The van der Waals surface area contributed by atoms with Crippen LogP contribution in [0.15, 0.2) is 0 Å². The quantitative estimate of drug-likeness (QED) is 0.549. The van der Waals surface area contributed by atoms with Crippen LogP contribution in [0.2, 0.25) is 0 Å². The summed E-state index contributed by atoms with van der Waals surface area (Å²) in [5.41, 5.74) is 5.40. The van der Waals surface area contributed by atoms with E-state index >= 15 is 0 Å². The smallest absolute Gasteiger partial charge is 0.236 e. The predicted octanol–water partition coefficient (Wildman–Crippen LogP) is -0.246. The van der Waals surface area contributed by atoms with Crippen LogP contribution in [-0.4, -0.2) is 18.5 Å². The van der Waals surface area contributed by atoms with Crippen LogP contribution in [0.4, 0.5) is 0 Å². The third kappa shape index (κ3) is 4.34. The van der Waals surface area contributed by atoms with Crippen molar-refractivity contribution in [3.05, 3.63) is 0 Å². The highest BCUT2D eigenvalue weighted by molar-refractivity contribution is 5.81. The summed E-state index contributed by atoms with van der Waals surface area (Å²) in [6.45, 7) is 2.23. The Kier molecular flexibility index (Phi) is 5.13. The summed E-state index contributed by atoms with van der Waals surface area (Å²) in [6.07, 6.45) is 0.959. The monoisotopic (exact) mass is 155 g/mol. The van der Waals surface area contributed by atoms with Gasteiger partial charge in [0, 0.05) is 6.54 Å². The summed E-state index contributed by atoms with van der Waals surface area (Å²) < 4.78 is 0. The Balaban J connectivity index is 3.46. The van der Waals surface area contributed by atoms with E-state index in [0.717, 1.165) is 0 Å². The third-order valence-electron chi connectivity index (χ3n) is 1.31. The van der Waals surface area contributed by atoms with E-state index < -0.39 is 6.04 Å². The molecule has 0 radical (unpaired) electrons. The van der Waals surface area contributed by atoms with E-state index in [1.807, 2.05) is 13.0 Å². The van der Waals surface area contributed by atoms with Crippen molar-refractivity contribution in [1.82, 2.24) is 5.32 Å². The molecule has 4 heteroatoms. The van der Waals surface area contributed by atoms with Gasteiger partial charge in [-0.25, -0.2) is 0 Å². The fraction of sp³-hybridized carbons (Fsp3) is 0.714. The van der Waals surface area contributed by atoms with Crippen LogP contribution in [0.3, 0.4) is 0 Å². The maximum atomic E-state index is 10.9. The molecule has 0 aromatic heterocycles. The summed E-state index contributed by atoms with van der Waals surface area (Å²) in [4.78, 5) is 10.9. The summed E-state index contributed by atoms with van der Waals surface area (Å²) in [6, 6.07) is 1.49. The Morgan fingerprint density at radius 1 is 1.82 bits per heavy atom. The molecule has 1 atom stereocenters. The first kappa shape index (κ1) is 9.92. The van der Waals surface area contributed by atoms with Crippen LogP contribution < -0.4 is 11.1 Å². The molecule has 3 N–H and O–H groups in total. The molecule has 0 saturated carbocycles. The zero-order valence-corrected chi connectivity index (χ0v) is 6.63. The van der Waals surface area contributed by atoms with Crippen molar-refractivity contribution in [3.63, 3.8) is 0 Å². The molecule has 0 aliphatic carbocycles. The predicted molar refractivity (Wildman–Crippen MR) is 41.5 cm³/mol. The molecule has 1 amide bonds. The van der Waals surface area contributed by atoms with Crippen molar-refractivity contribution >= 4 is 5.91 Å². The standard InChI is InChI=1S/C7H13N3O/c1-2-6(9)7(11)10-5-3-4-8/h6H,2-3,5,9H2,1H3,(H,10,11)/t6-/m1/s1. The molecule has 0 aliphatic rings. The van der Waals surface area contributed by atoms with E-state index in [1.54, 1.807) is 0 Å². The Bertz CT molecular complexity index is 162. The summed E-state index contributed by atoms with van der Waals surface area (Å²) in [5.74, 6) is -0.178. The number of hydrogen-bond donors (Lipinski definition) is 2. The van der Waals surface area contributed by atoms with Gasteiger partial charge in [0.15, 0.2) is 0 Å². The highest BCUT2D eigenvalue weighted by Crippen LogP contribution is 1.84. The van der Waals surface area contributed by atoms with Crippen LogP contribution in [0.5, 0.6) is 0 Å². The van der Waals surface area contributed by atoms with Crippen molar-refractivity contribution in [1.29, 1.82) is 5.26 Å². The average Bonchev–Trinajstić information content (AvgIpc) is 2.03. The van der Waals surface area contributed by atoms with Crippen LogP contribution in [0.25, 0.3) is 0 Å². The van der Waals surface area contributed by atoms with E-state index in [-0.39, 0.29) is 5.91 Å². The topological polar surface area (TPSA) is 78.9 Å². The molecule has 0 rings (SSSR count). The summed E-state index contributed by atoms with van der Waals surface area (Å²) in [7, 11) is 0.